The summed E-state index contributed by atoms with van der Waals surface area (Å²) in [7, 11) is -3.69. The first-order valence-electron chi connectivity index (χ1n) is 16.6. The third kappa shape index (κ3) is 6.32. The number of hydrogen-bond donors (Lipinski definition) is 1. The Kier molecular flexibility index (Phi) is 8.75. The second-order valence-corrected chi connectivity index (χ2v) is 15.9. The third-order valence-electron chi connectivity index (χ3n) is 10.9. The Morgan fingerprint density at radius 2 is 1.71 bits per heavy atom. The van der Waals surface area contributed by atoms with E-state index in [1.807, 2.05) is 12.1 Å². The monoisotopic (exact) mass is 695 g/mol. The molecule has 1 N–H and O–H groups in total. The Labute approximate surface area is 285 Å². The van der Waals surface area contributed by atoms with Gasteiger partial charge in [0.25, 0.3) is 5.91 Å². The van der Waals surface area contributed by atoms with Gasteiger partial charge in [0.2, 0.25) is 10.0 Å². The normalized spacial score (nSPS) is 22.7. The highest BCUT2D eigenvalue weighted by Gasteiger charge is 2.44. The number of fused-ring (bicyclic) bond motifs is 3. The predicted octanol–water partition coefficient (Wildman–Crippen LogP) is 7.08. The van der Waals surface area contributed by atoms with E-state index in [4.69, 9.17) is 16.6 Å². The molecule has 3 fully saturated rings. The Morgan fingerprint density at radius 1 is 1.00 bits per heavy atom. The van der Waals surface area contributed by atoms with Gasteiger partial charge in [0.15, 0.2) is 0 Å². The lowest BCUT2D eigenvalue weighted by atomic mass is 9.70. The molecule has 2 unspecified atom stereocenters. The number of rotatable bonds is 8. The number of carbonyl (C=O) groups excluding carboxylic acids is 1. The summed E-state index contributed by atoms with van der Waals surface area (Å²) in [5.74, 6) is -0.579. The predicted molar refractivity (Wildman–Crippen MR) is 184 cm³/mol. The molecule has 3 aliphatic rings. The number of nitrogens with zero attached hydrogens (tertiary/aromatic N) is 4. The number of aryl methyl sites for hydroxylation is 1. The van der Waals surface area contributed by atoms with Crippen molar-refractivity contribution in [3.63, 3.8) is 0 Å². The molecule has 2 bridgehead atoms. The van der Waals surface area contributed by atoms with Crippen LogP contribution in [0.1, 0.15) is 72.7 Å². The standard InChI is InChI=1S/C36H40ClF2N5O3S/c1-23-40-32-8-3-4-9-34(32)44(23)28-19-26-10-11-27(20-28)43(26)17-14-36(24-6-5-7-25(38)18-24)12-15-42(16-13-36)35(45)29-21-33(41-48(2,46)47)30(37)22-31(29)39/h3-9,18,21-22,26-28,41H,10-17,19-20H2,1-2H3. The van der Waals surface area contributed by atoms with Crippen LogP contribution in [0.3, 0.4) is 0 Å². The Morgan fingerprint density at radius 3 is 2.40 bits per heavy atom. The summed E-state index contributed by atoms with van der Waals surface area (Å²) >= 11 is 6.07. The van der Waals surface area contributed by atoms with Crippen LogP contribution in [0.2, 0.25) is 5.02 Å². The van der Waals surface area contributed by atoms with E-state index < -0.39 is 21.7 Å². The largest absolute Gasteiger partial charge is 0.338 e. The summed E-state index contributed by atoms with van der Waals surface area (Å²) in [5, 5.41) is -0.134. The van der Waals surface area contributed by atoms with Gasteiger partial charge in [-0.05, 0) is 106 Å². The van der Waals surface area contributed by atoms with Gasteiger partial charge in [0.05, 0.1) is 33.6 Å². The minimum Gasteiger partial charge on any atom is -0.338 e. The van der Waals surface area contributed by atoms with Crippen LogP contribution in [-0.4, -0.2) is 71.6 Å². The van der Waals surface area contributed by atoms with Crippen molar-refractivity contribution in [1.82, 2.24) is 19.4 Å². The fourth-order valence-corrected chi connectivity index (χ4v) is 9.41. The van der Waals surface area contributed by atoms with Crippen LogP contribution < -0.4 is 4.72 Å². The summed E-state index contributed by atoms with van der Waals surface area (Å²) in [6, 6.07) is 18.6. The molecule has 254 valence electrons. The lowest BCUT2D eigenvalue weighted by Gasteiger charge is -2.45. The summed E-state index contributed by atoms with van der Waals surface area (Å²) in [4.78, 5) is 22.7. The van der Waals surface area contributed by atoms with Gasteiger partial charge in [-0.3, -0.25) is 14.4 Å². The molecule has 0 radical (unpaired) electrons. The number of nitrogens with one attached hydrogen (secondary N) is 1. The van der Waals surface area contributed by atoms with Crippen LogP contribution in [0.5, 0.6) is 0 Å². The quantitative estimate of drug-likeness (QED) is 0.213. The highest BCUT2D eigenvalue weighted by atomic mass is 35.5. The third-order valence-corrected chi connectivity index (χ3v) is 11.8. The number of benzene rings is 3. The van der Waals surface area contributed by atoms with Crippen LogP contribution in [0.25, 0.3) is 11.0 Å². The molecule has 1 aromatic heterocycles. The lowest BCUT2D eigenvalue weighted by molar-refractivity contribution is 0.0602. The van der Waals surface area contributed by atoms with Crippen LogP contribution in [0.15, 0.2) is 60.7 Å². The van der Waals surface area contributed by atoms with Crippen molar-refractivity contribution in [3.8, 4) is 0 Å². The highest BCUT2D eigenvalue weighted by Crippen LogP contribution is 2.45. The highest BCUT2D eigenvalue weighted by molar-refractivity contribution is 7.92. The van der Waals surface area contributed by atoms with Gasteiger partial charge in [0.1, 0.15) is 17.5 Å². The number of halogens is 3. The molecule has 8 nitrogen and oxygen atoms in total. The van der Waals surface area contributed by atoms with Gasteiger partial charge in [-0.25, -0.2) is 22.2 Å². The molecule has 3 saturated heterocycles. The molecule has 0 spiro atoms. The average molecular weight is 696 g/mol. The van der Waals surface area contributed by atoms with E-state index in [2.05, 4.69) is 39.3 Å². The van der Waals surface area contributed by atoms with Crippen LogP contribution >= 0.6 is 11.6 Å². The van der Waals surface area contributed by atoms with E-state index >= 15 is 0 Å². The number of amides is 1. The van der Waals surface area contributed by atoms with Gasteiger partial charge in [-0.2, -0.15) is 0 Å². The van der Waals surface area contributed by atoms with Gasteiger partial charge >= 0.3 is 0 Å². The van der Waals surface area contributed by atoms with E-state index in [1.165, 1.54) is 11.6 Å². The number of para-hydroxylation sites is 2. The molecule has 3 aliphatic heterocycles. The number of hydrogen-bond acceptors (Lipinski definition) is 5. The molecule has 3 aromatic carbocycles. The van der Waals surface area contributed by atoms with Gasteiger partial charge in [-0.1, -0.05) is 35.9 Å². The molecule has 2 atom stereocenters. The molecule has 4 aromatic rings. The van der Waals surface area contributed by atoms with Gasteiger partial charge in [0, 0.05) is 31.2 Å². The summed E-state index contributed by atoms with van der Waals surface area (Å²) in [6.45, 7) is 3.69. The molecule has 0 saturated carbocycles. The molecule has 12 heteroatoms. The van der Waals surface area contributed by atoms with Crippen molar-refractivity contribution < 1.29 is 22.0 Å². The van der Waals surface area contributed by atoms with Gasteiger partial charge in [-0.15, -0.1) is 0 Å². The average Bonchev–Trinajstić information content (AvgIpc) is 3.50. The van der Waals surface area contributed by atoms with E-state index in [1.54, 1.807) is 17.0 Å². The first-order chi connectivity index (χ1) is 22.9. The van der Waals surface area contributed by atoms with Crippen molar-refractivity contribution >= 4 is 44.3 Å². The topological polar surface area (TPSA) is 87.5 Å². The molecule has 7 rings (SSSR count). The van der Waals surface area contributed by atoms with Crippen molar-refractivity contribution in [1.29, 1.82) is 0 Å². The van der Waals surface area contributed by atoms with Crippen molar-refractivity contribution in [2.45, 2.75) is 75.4 Å². The Hall–Kier alpha value is -3.54. The molecular formula is C36H40ClF2N5O3S. The second kappa shape index (κ2) is 12.7. The smallest absolute Gasteiger partial charge is 0.256 e. The first kappa shape index (κ1) is 33.0. The van der Waals surface area contributed by atoms with E-state index in [0.717, 1.165) is 73.9 Å². The number of aromatic nitrogens is 2. The SMILES string of the molecule is Cc1nc2ccccc2n1C1CC2CCC(C1)N2CCC1(c2cccc(F)c2)CCN(C(=O)c2cc(NS(C)(=O)=O)c(Cl)cc2F)CC1. The number of likely N-dealkylation sites (tertiary alicyclic amines) is 1. The van der Waals surface area contributed by atoms with Crippen LogP contribution in [0, 0.1) is 18.6 Å². The number of sulfonamides is 1. The molecule has 48 heavy (non-hydrogen) atoms. The lowest BCUT2D eigenvalue weighted by Crippen LogP contribution is -2.49. The van der Waals surface area contributed by atoms with Crippen LogP contribution in [-0.2, 0) is 15.4 Å². The fourth-order valence-electron chi connectivity index (χ4n) is 8.59. The second-order valence-electron chi connectivity index (χ2n) is 13.8. The molecule has 1 amide bonds. The van der Waals surface area contributed by atoms with Crippen molar-refractivity contribution in [2.75, 3.05) is 30.6 Å². The number of imidazole rings is 1. The summed E-state index contributed by atoms with van der Waals surface area (Å²) in [6.07, 6.45) is 7.42. The first-order valence-corrected chi connectivity index (χ1v) is 18.9. The Balaban J connectivity index is 1.08. The summed E-state index contributed by atoms with van der Waals surface area (Å²) < 4.78 is 57.9. The maximum Gasteiger partial charge on any atom is 0.256 e. The van der Waals surface area contributed by atoms with Gasteiger partial charge < -0.3 is 9.47 Å². The van der Waals surface area contributed by atoms with E-state index in [9.17, 15) is 22.0 Å². The molecule has 0 aliphatic carbocycles. The van der Waals surface area contributed by atoms with Crippen molar-refractivity contribution in [3.05, 3.63) is 94.3 Å². The van der Waals surface area contributed by atoms with E-state index in [-0.39, 0.29) is 27.5 Å². The Bertz CT molecular complexity index is 1960. The number of piperidine rings is 2. The zero-order chi connectivity index (χ0) is 33.8. The zero-order valence-corrected chi connectivity index (χ0v) is 28.7. The maximum absolute atomic E-state index is 15.0. The maximum atomic E-state index is 15.0. The molecule has 4 heterocycles. The summed E-state index contributed by atoms with van der Waals surface area (Å²) in [5.41, 5.74) is 2.51. The number of carbonyl (C=O) groups is 1. The van der Waals surface area contributed by atoms with Crippen molar-refractivity contribution in [2.24, 2.45) is 0 Å². The molecular weight excluding hydrogens is 656 g/mol. The minimum absolute atomic E-state index is 0.0511. The fraction of sp³-hybridized carbons (Fsp3) is 0.444. The number of anilines is 1. The van der Waals surface area contributed by atoms with Crippen LogP contribution in [0.4, 0.5) is 14.5 Å². The van der Waals surface area contributed by atoms with E-state index in [0.29, 0.717) is 44.1 Å². The zero-order valence-electron chi connectivity index (χ0n) is 27.1. The minimum atomic E-state index is -3.69.